The average Bonchev–Trinajstić information content (AvgIpc) is 2.86. The molecule has 0 aromatic heterocycles. The summed E-state index contributed by atoms with van der Waals surface area (Å²) in [6, 6.07) is 1.43. The highest BCUT2D eigenvalue weighted by Crippen LogP contribution is 2.13. The summed E-state index contributed by atoms with van der Waals surface area (Å²) in [5, 5.41) is 26.6. The zero-order valence-electron chi connectivity index (χ0n) is 22.5. The van der Waals surface area contributed by atoms with Crippen LogP contribution in [0.15, 0.2) is 24.3 Å². The van der Waals surface area contributed by atoms with E-state index in [1.54, 1.807) is 26.0 Å². The molecule has 0 aliphatic rings. The molecule has 0 aliphatic heterocycles. The van der Waals surface area contributed by atoms with Gasteiger partial charge in [0.15, 0.2) is 0 Å². The van der Waals surface area contributed by atoms with Gasteiger partial charge in [0.25, 0.3) is 0 Å². The first-order valence-electron chi connectivity index (χ1n) is 13.0. The van der Waals surface area contributed by atoms with Crippen molar-refractivity contribution in [1.82, 2.24) is 16.0 Å². The van der Waals surface area contributed by atoms with E-state index in [0.717, 1.165) is 0 Å². The van der Waals surface area contributed by atoms with Crippen molar-refractivity contribution in [2.75, 3.05) is 6.54 Å². The topological polar surface area (TPSA) is 240 Å². The lowest BCUT2D eigenvalue weighted by Crippen LogP contribution is -2.57. The van der Waals surface area contributed by atoms with Crippen LogP contribution in [0.25, 0.3) is 0 Å². The number of benzene rings is 1. The van der Waals surface area contributed by atoms with Crippen LogP contribution in [0.5, 0.6) is 5.75 Å². The molecule has 0 heterocycles. The van der Waals surface area contributed by atoms with E-state index in [4.69, 9.17) is 17.2 Å². The van der Waals surface area contributed by atoms with Crippen LogP contribution in [0.3, 0.4) is 0 Å². The molecule has 0 fully saturated rings. The molecule has 0 radical (unpaired) electrons. The summed E-state index contributed by atoms with van der Waals surface area (Å²) in [5.74, 6) is -4.09. The molecule has 0 bridgehead atoms. The van der Waals surface area contributed by atoms with E-state index in [9.17, 15) is 34.2 Å². The number of carboxylic acid groups (broad SMARTS) is 1. The van der Waals surface area contributed by atoms with E-state index in [1.165, 1.54) is 12.1 Å². The number of unbranched alkanes of at least 4 members (excludes halogenated alkanes) is 1. The highest BCUT2D eigenvalue weighted by molar-refractivity contribution is 5.94. The first kappa shape index (κ1) is 33.3. The van der Waals surface area contributed by atoms with E-state index in [2.05, 4.69) is 16.0 Å². The molecular formula is C26H42N6O7. The first-order chi connectivity index (χ1) is 18.3. The van der Waals surface area contributed by atoms with Gasteiger partial charge >= 0.3 is 5.97 Å². The van der Waals surface area contributed by atoms with E-state index in [0.29, 0.717) is 31.4 Å². The monoisotopic (exact) mass is 550 g/mol. The second-order valence-electron chi connectivity index (χ2n) is 9.92. The zero-order chi connectivity index (χ0) is 29.5. The number of carboxylic acids is 1. The number of phenolic OH excluding ortho intramolecular Hbond substituents is 1. The molecule has 0 aliphatic carbocycles. The van der Waals surface area contributed by atoms with Gasteiger partial charge in [-0.1, -0.05) is 32.4 Å². The number of aliphatic carboxylic acids is 1. The Hall–Kier alpha value is -3.71. The standard InChI is InChI=1S/C26H42N6O7/c1-15(2)13-21(26(38)39)32-24(36)19(10-11-22(29)34)30-25(37)20(14-16-6-8-17(33)9-7-16)31-23(35)18(28)5-3-4-12-27/h6-9,15,18-21,33H,3-5,10-14,27-28H2,1-2H3,(H2,29,34)(H,30,37)(H,31,35)(H,32,36)(H,38,39). The molecule has 13 heteroatoms. The summed E-state index contributed by atoms with van der Waals surface area (Å²) in [6.07, 6.45) is 1.38. The second kappa shape index (κ2) is 17.0. The van der Waals surface area contributed by atoms with E-state index >= 15 is 0 Å². The summed E-state index contributed by atoms with van der Waals surface area (Å²) >= 11 is 0. The van der Waals surface area contributed by atoms with Crippen LogP contribution in [0.2, 0.25) is 0 Å². The van der Waals surface area contributed by atoms with Gasteiger partial charge in [0, 0.05) is 12.8 Å². The molecule has 218 valence electrons. The van der Waals surface area contributed by atoms with Gasteiger partial charge in [-0.3, -0.25) is 19.2 Å². The summed E-state index contributed by atoms with van der Waals surface area (Å²) in [5.41, 5.74) is 17.3. The number of aromatic hydroxyl groups is 1. The Morgan fingerprint density at radius 1 is 0.846 bits per heavy atom. The molecule has 0 spiro atoms. The Balaban J connectivity index is 3.14. The predicted molar refractivity (Wildman–Crippen MR) is 144 cm³/mol. The molecule has 4 amide bonds. The number of phenols is 1. The van der Waals surface area contributed by atoms with Crippen LogP contribution < -0.4 is 33.2 Å². The Labute approximate surface area is 228 Å². The van der Waals surface area contributed by atoms with Crippen molar-refractivity contribution in [3.63, 3.8) is 0 Å². The predicted octanol–water partition coefficient (Wildman–Crippen LogP) is -0.758. The molecular weight excluding hydrogens is 508 g/mol. The van der Waals surface area contributed by atoms with Crippen molar-refractivity contribution in [3.8, 4) is 5.75 Å². The van der Waals surface area contributed by atoms with Crippen LogP contribution in [0.1, 0.15) is 57.9 Å². The fourth-order valence-electron chi connectivity index (χ4n) is 3.79. The summed E-state index contributed by atoms with van der Waals surface area (Å²) in [6.45, 7) is 4.05. The van der Waals surface area contributed by atoms with E-state index in [-0.39, 0.29) is 37.4 Å². The number of nitrogens with one attached hydrogen (secondary N) is 3. The largest absolute Gasteiger partial charge is 0.508 e. The highest BCUT2D eigenvalue weighted by Gasteiger charge is 2.31. The zero-order valence-corrected chi connectivity index (χ0v) is 22.5. The summed E-state index contributed by atoms with van der Waals surface area (Å²) in [4.78, 5) is 62.1. The van der Waals surface area contributed by atoms with Crippen LogP contribution >= 0.6 is 0 Å². The van der Waals surface area contributed by atoms with Crippen LogP contribution in [0, 0.1) is 5.92 Å². The van der Waals surface area contributed by atoms with Crippen molar-refractivity contribution in [3.05, 3.63) is 29.8 Å². The van der Waals surface area contributed by atoms with Crippen molar-refractivity contribution in [1.29, 1.82) is 0 Å². The molecule has 1 aromatic rings. The Kier molecular flexibility index (Phi) is 14.5. The number of carbonyl (C=O) groups excluding carboxylic acids is 4. The molecule has 4 atom stereocenters. The minimum atomic E-state index is -1.29. The van der Waals surface area contributed by atoms with Gasteiger partial charge < -0.3 is 43.4 Å². The Bertz CT molecular complexity index is 970. The van der Waals surface area contributed by atoms with Crippen molar-refractivity contribution in [2.45, 2.75) is 83.0 Å². The van der Waals surface area contributed by atoms with Crippen molar-refractivity contribution < 1.29 is 34.2 Å². The maximum atomic E-state index is 13.3. The number of primary amides is 1. The van der Waals surface area contributed by atoms with Gasteiger partial charge in [-0.25, -0.2) is 4.79 Å². The number of carbonyl (C=O) groups is 5. The van der Waals surface area contributed by atoms with Gasteiger partial charge in [0.1, 0.15) is 23.9 Å². The smallest absolute Gasteiger partial charge is 0.326 e. The summed E-state index contributed by atoms with van der Waals surface area (Å²) in [7, 11) is 0. The quantitative estimate of drug-likeness (QED) is 0.107. The van der Waals surface area contributed by atoms with Gasteiger partial charge in [0.05, 0.1) is 6.04 Å². The Morgan fingerprint density at radius 3 is 1.95 bits per heavy atom. The minimum Gasteiger partial charge on any atom is -0.508 e. The molecule has 1 aromatic carbocycles. The second-order valence-corrected chi connectivity index (χ2v) is 9.92. The van der Waals surface area contributed by atoms with Crippen molar-refractivity contribution in [2.24, 2.45) is 23.1 Å². The third-order valence-corrected chi connectivity index (χ3v) is 5.95. The summed E-state index contributed by atoms with van der Waals surface area (Å²) < 4.78 is 0. The van der Waals surface area contributed by atoms with Gasteiger partial charge in [-0.2, -0.15) is 0 Å². The van der Waals surface area contributed by atoms with Gasteiger partial charge in [-0.15, -0.1) is 0 Å². The number of amides is 4. The molecule has 39 heavy (non-hydrogen) atoms. The first-order valence-corrected chi connectivity index (χ1v) is 13.0. The molecule has 0 saturated carbocycles. The van der Waals surface area contributed by atoms with Crippen LogP contribution in [-0.2, 0) is 30.4 Å². The fraction of sp³-hybridized carbons (Fsp3) is 0.577. The fourth-order valence-corrected chi connectivity index (χ4v) is 3.79. The van der Waals surface area contributed by atoms with Crippen molar-refractivity contribution >= 4 is 29.6 Å². The third kappa shape index (κ3) is 13.1. The highest BCUT2D eigenvalue weighted by atomic mass is 16.4. The molecule has 0 saturated heterocycles. The molecule has 4 unspecified atom stereocenters. The average molecular weight is 551 g/mol. The maximum absolute atomic E-state index is 13.3. The minimum absolute atomic E-state index is 0.00261. The molecule has 13 nitrogen and oxygen atoms in total. The lowest BCUT2D eigenvalue weighted by Gasteiger charge is -2.25. The Morgan fingerprint density at radius 2 is 1.41 bits per heavy atom. The number of nitrogens with two attached hydrogens (primary N) is 3. The van der Waals surface area contributed by atoms with Crippen LogP contribution in [-0.4, -0.2) is 70.5 Å². The molecule has 11 N–H and O–H groups in total. The number of rotatable bonds is 18. The normalized spacial score (nSPS) is 14.1. The van der Waals surface area contributed by atoms with E-state index < -0.39 is 53.8 Å². The lowest BCUT2D eigenvalue weighted by atomic mass is 10.0. The maximum Gasteiger partial charge on any atom is 0.326 e. The number of hydrogen-bond donors (Lipinski definition) is 8. The van der Waals surface area contributed by atoms with Gasteiger partial charge in [0.2, 0.25) is 23.6 Å². The lowest BCUT2D eigenvalue weighted by molar-refractivity contribution is -0.143. The van der Waals surface area contributed by atoms with Gasteiger partial charge in [-0.05, 0) is 55.8 Å². The third-order valence-electron chi connectivity index (χ3n) is 5.95. The molecule has 1 rings (SSSR count). The SMILES string of the molecule is CC(C)CC(NC(=O)C(CCC(N)=O)NC(=O)C(Cc1ccc(O)cc1)NC(=O)C(N)CCCCN)C(=O)O. The number of hydrogen-bond acceptors (Lipinski definition) is 8. The van der Waals surface area contributed by atoms with E-state index in [1.807, 2.05) is 0 Å². The van der Waals surface area contributed by atoms with Crippen LogP contribution in [0.4, 0.5) is 0 Å².